The summed E-state index contributed by atoms with van der Waals surface area (Å²) >= 11 is 0. The summed E-state index contributed by atoms with van der Waals surface area (Å²) in [5.41, 5.74) is 2.81. The Kier molecular flexibility index (Phi) is 5.09. The lowest BCUT2D eigenvalue weighted by Gasteiger charge is -2.14. The van der Waals surface area contributed by atoms with Crippen LogP contribution < -0.4 is 9.47 Å². The van der Waals surface area contributed by atoms with Crippen LogP contribution in [0.15, 0.2) is 18.4 Å². The molecule has 0 amide bonds. The number of carbonyl (C=O) groups excluding carboxylic acids is 1. The summed E-state index contributed by atoms with van der Waals surface area (Å²) in [5.74, 6) is 1.04. The van der Waals surface area contributed by atoms with Gasteiger partial charge in [0.25, 0.3) is 0 Å². The van der Waals surface area contributed by atoms with Crippen LogP contribution >= 0.6 is 0 Å². The number of methoxy groups -OCH3 is 2. The standard InChI is InChI=1S/C16H20O5/c1-4-21-16(17)8-12-10-20-6-5-11-7-14(18-2)15(19-3)9-13(11)12/h7,9-10H,4-6,8H2,1-3H3. The van der Waals surface area contributed by atoms with E-state index in [-0.39, 0.29) is 12.4 Å². The lowest BCUT2D eigenvalue weighted by atomic mass is 9.96. The van der Waals surface area contributed by atoms with Crippen molar-refractivity contribution < 1.29 is 23.7 Å². The maximum absolute atomic E-state index is 11.7. The van der Waals surface area contributed by atoms with Crippen LogP contribution in [0.1, 0.15) is 24.5 Å². The number of rotatable bonds is 5. The molecule has 21 heavy (non-hydrogen) atoms. The molecule has 0 fully saturated rings. The Morgan fingerprint density at radius 2 is 1.95 bits per heavy atom. The predicted octanol–water partition coefficient (Wildman–Crippen LogP) is 2.57. The zero-order chi connectivity index (χ0) is 15.2. The van der Waals surface area contributed by atoms with E-state index in [1.165, 1.54) is 0 Å². The predicted molar refractivity (Wildman–Crippen MR) is 78.4 cm³/mol. The van der Waals surface area contributed by atoms with Gasteiger partial charge in [0.2, 0.25) is 0 Å². The lowest BCUT2D eigenvalue weighted by molar-refractivity contribution is -0.141. The molecule has 0 aromatic heterocycles. The van der Waals surface area contributed by atoms with Gasteiger partial charge in [-0.1, -0.05) is 0 Å². The van der Waals surface area contributed by atoms with Crippen molar-refractivity contribution in [3.63, 3.8) is 0 Å². The minimum absolute atomic E-state index is 0.177. The molecule has 0 spiro atoms. The van der Waals surface area contributed by atoms with E-state index in [0.29, 0.717) is 24.7 Å². The van der Waals surface area contributed by atoms with Crippen molar-refractivity contribution >= 4 is 11.5 Å². The molecule has 0 atom stereocenters. The Morgan fingerprint density at radius 1 is 1.24 bits per heavy atom. The summed E-state index contributed by atoms with van der Waals surface area (Å²) < 4.78 is 21.1. The van der Waals surface area contributed by atoms with Gasteiger partial charge in [0, 0.05) is 12.0 Å². The maximum atomic E-state index is 11.7. The molecule has 0 radical (unpaired) electrons. The minimum atomic E-state index is -0.269. The molecule has 1 heterocycles. The normalized spacial score (nSPS) is 13.4. The van der Waals surface area contributed by atoms with Gasteiger partial charge in [0.15, 0.2) is 11.5 Å². The molecule has 0 unspecified atom stereocenters. The molecule has 5 nitrogen and oxygen atoms in total. The molecule has 2 rings (SSSR count). The van der Waals surface area contributed by atoms with Gasteiger partial charge in [-0.05, 0) is 30.2 Å². The first-order chi connectivity index (χ1) is 10.2. The molecule has 0 saturated heterocycles. The smallest absolute Gasteiger partial charge is 0.310 e. The Balaban J connectivity index is 2.38. The van der Waals surface area contributed by atoms with Crippen molar-refractivity contribution in [2.75, 3.05) is 27.4 Å². The van der Waals surface area contributed by atoms with Gasteiger partial charge in [0.05, 0.1) is 40.1 Å². The van der Waals surface area contributed by atoms with E-state index in [1.807, 2.05) is 12.1 Å². The molecule has 1 aromatic carbocycles. The SMILES string of the molecule is CCOC(=O)CC1=COCCc2cc(OC)c(OC)cc21. The van der Waals surface area contributed by atoms with E-state index in [1.54, 1.807) is 27.4 Å². The van der Waals surface area contributed by atoms with Gasteiger partial charge in [-0.2, -0.15) is 0 Å². The zero-order valence-corrected chi connectivity index (χ0v) is 12.6. The third-order valence-electron chi connectivity index (χ3n) is 3.31. The minimum Gasteiger partial charge on any atom is -0.501 e. The second-order valence-corrected chi connectivity index (χ2v) is 4.61. The number of esters is 1. The van der Waals surface area contributed by atoms with Gasteiger partial charge in [0.1, 0.15) is 0 Å². The fourth-order valence-corrected chi connectivity index (χ4v) is 2.32. The van der Waals surface area contributed by atoms with Crippen LogP contribution in [0.25, 0.3) is 5.57 Å². The Labute approximate surface area is 124 Å². The van der Waals surface area contributed by atoms with Gasteiger partial charge in [-0.15, -0.1) is 0 Å². The Hall–Kier alpha value is -2.17. The summed E-state index contributed by atoms with van der Waals surface area (Å²) in [6.07, 6.45) is 2.56. The third-order valence-corrected chi connectivity index (χ3v) is 3.31. The van der Waals surface area contributed by atoms with E-state index in [9.17, 15) is 4.79 Å². The first-order valence-corrected chi connectivity index (χ1v) is 6.91. The van der Waals surface area contributed by atoms with Crippen LogP contribution in [0.3, 0.4) is 0 Å². The van der Waals surface area contributed by atoms with Crippen LogP contribution in [0, 0.1) is 0 Å². The molecule has 0 bridgehead atoms. The molecule has 0 N–H and O–H groups in total. The van der Waals surface area contributed by atoms with E-state index in [0.717, 1.165) is 23.1 Å². The molecule has 1 aliphatic heterocycles. The summed E-state index contributed by atoms with van der Waals surface area (Å²) in [7, 11) is 3.19. The second kappa shape index (κ2) is 7.02. The van der Waals surface area contributed by atoms with Crippen LogP contribution in [-0.4, -0.2) is 33.4 Å². The van der Waals surface area contributed by atoms with E-state index >= 15 is 0 Å². The molecule has 5 heteroatoms. The van der Waals surface area contributed by atoms with Crippen molar-refractivity contribution in [3.05, 3.63) is 29.5 Å². The fraction of sp³-hybridized carbons (Fsp3) is 0.438. The number of hydrogen-bond donors (Lipinski definition) is 0. The number of carbonyl (C=O) groups is 1. The quantitative estimate of drug-likeness (QED) is 0.781. The van der Waals surface area contributed by atoms with Crippen molar-refractivity contribution in [1.29, 1.82) is 0 Å². The fourth-order valence-electron chi connectivity index (χ4n) is 2.32. The number of hydrogen-bond acceptors (Lipinski definition) is 5. The highest BCUT2D eigenvalue weighted by molar-refractivity contribution is 5.86. The van der Waals surface area contributed by atoms with Gasteiger partial charge >= 0.3 is 5.97 Å². The van der Waals surface area contributed by atoms with Gasteiger partial charge < -0.3 is 18.9 Å². The highest BCUT2D eigenvalue weighted by atomic mass is 16.5. The number of ether oxygens (including phenoxy) is 4. The van der Waals surface area contributed by atoms with Crippen molar-refractivity contribution in [2.45, 2.75) is 19.8 Å². The van der Waals surface area contributed by atoms with E-state index in [2.05, 4.69) is 0 Å². The summed E-state index contributed by atoms with van der Waals surface area (Å²) in [4.78, 5) is 11.7. The van der Waals surface area contributed by atoms with Crippen LogP contribution in [-0.2, 0) is 20.7 Å². The average Bonchev–Trinajstić information content (AvgIpc) is 2.68. The maximum Gasteiger partial charge on any atom is 0.310 e. The second-order valence-electron chi connectivity index (χ2n) is 4.61. The lowest BCUT2D eigenvalue weighted by Crippen LogP contribution is -2.06. The van der Waals surface area contributed by atoms with Crippen molar-refractivity contribution in [3.8, 4) is 11.5 Å². The first-order valence-electron chi connectivity index (χ1n) is 6.91. The largest absolute Gasteiger partial charge is 0.501 e. The van der Waals surface area contributed by atoms with E-state index < -0.39 is 0 Å². The molecule has 1 aliphatic rings. The van der Waals surface area contributed by atoms with Crippen molar-refractivity contribution in [1.82, 2.24) is 0 Å². The van der Waals surface area contributed by atoms with Crippen LogP contribution in [0.4, 0.5) is 0 Å². The molecule has 114 valence electrons. The van der Waals surface area contributed by atoms with Crippen molar-refractivity contribution in [2.24, 2.45) is 0 Å². The number of fused-ring (bicyclic) bond motifs is 1. The molecule has 0 saturated carbocycles. The Morgan fingerprint density at radius 3 is 2.62 bits per heavy atom. The molecule has 1 aromatic rings. The highest BCUT2D eigenvalue weighted by Gasteiger charge is 2.19. The first kappa shape index (κ1) is 15.2. The van der Waals surface area contributed by atoms with Crippen LogP contribution in [0.2, 0.25) is 0 Å². The van der Waals surface area contributed by atoms with Crippen LogP contribution in [0.5, 0.6) is 11.5 Å². The third kappa shape index (κ3) is 3.48. The highest BCUT2D eigenvalue weighted by Crippen LogP contribution is 2.36. The Bertz CT molecular complexity index is 548. The van der Waals surface area contributed by atoms with Gasteiger partial charge in [-0.25, -0.2) is 0 Å². The number of benzene rings is 1. The zero-order valence-electron chi connectivity index (χ0n) is 12.6. The molecular formula is C16H20O5. The monoisotopic (exact) mass is 292 g/mol. The molecular weight excluding hydrogens is 272 g/mol. The summed E-state index contributed by atoms with van der Waals surface area (Å²) in [6, 6.07) is 3.82. The summed E-state index contributed by atoms with van der Waals surface area (Å²) in [5, 5.41) is 0. The van der Waals surface area contributed by atoms with E-state index in [4.69, 9.17) is 18.9 Å². The molecule has 0 aliphatic carbocycles. The topological polar surface area (TPSA) is 54.0 Å². The summed E-state index contributed by atoms with van der Waals surface area (Å²) in [6.45, 7) is 2.72. The van der Waals surface area contributed by atoms with Gasteiger partial charge in [-0.3, -0.25) is 4.79 Å². The average molecular weight is 292 g/mol.